The molecule has 0 aliphatic carbocycles. The highest BCUT2D eigenvalue weighted by Crippen LogP contribution is 2.30. The number of carbonyl (C=O) groups is 1. The summed E-state index contributed by atoms with van der Waals surface area (Å²) in [7, 11) is 0. The minimum Gasteiger partial charge on any atom is -0.450 e. The number of hydrogen-bond acceptors (Lipinski definition) is 2. The van der Waals surface area contributed by atoms with Crippen molar-refractivity contribution in [1.82, 2.24) is 4.57 Å². The standard InChI is InChI=1S/C19H21NO3/c1-13-5-7-17-15(11-13)16-12-14(2)6-8-18(16)20(17)9-3-4-10-23-19(21)22/h5-8,11-12H,3-4,9-10H2,1-2H3,(H,21,22). The van der Waals surface area contributed by atoms with Gasteiger partial charge in [0.1, 0.15) is 0 Å². The molecule has 0 saturated carbocycles. The van der Waals surface area contributed by atoms with E-state index in [9.17, 15) is 4.79 Å². The summed E-state index contributed by atoms with van der Waals surface area (Å²) in [6.45, 7) is 5.34. The molecule has 1 heterocycles. The minimum atomic E-state index is -1.20. The predicted molar refractivity (Wildman–Crippen MR) is 92.1 cm³/mol. The molecule has 0 aliphatic heterocycles. The average molecular weight is 311 g/mol. The average Bonchev–Trinajstić information content (AvgIpc) is 2.79. The lowest BCUT2D eigenvalue weighted by Gasteiger charge is -2.07. The molecule has 120 valence electrons. The van der Waals surface area contributed by atoms with Gasteiger partial charge in [0.05, 0.1) is 6.61 Å². The van der Waals surface area contributed by atoms with E-state index in [1.807, 2.05) is 0 Å². The van der Waals surface area contributed by atoms with Crippen molar-refractivity contribution in [2.75, 3.05) is 6.61 Å². The van der Waals surface area contributed by atoms with Crippen LogP contribution in [0, 0.1) is 13.8 Å². The van der Waals surface area contributed by atoms with Crippen molar-refractivity contribution >= 4 is 28.0 Å². The fourth-order valence-corrected chi connectivity index (χ4v) is 3.10. The number of fused-ring (bicyclic) bond motifs is 3. The summed E-state index contributed by atoms with van der Waals surface area (Å²) in [5, 5.41) is 11.1. The van der Waals surface area contributed by atoms with Crippen LogP contribution in [-0.4, -0.2) is 22.4 Å². The quantitative estimate of drug-likeness (QED) is 0.539. The summed E-state index contributed by atoms with van der Waals surface area (Å²) in [6.07, 6.45) is 0.409. The Bertz CT molecular complexity index is 805. The van der Waals surface area contributed by atoms with Crippen LogP contribution >= 0.6 is 0 Å². The number of aryl methyl sites for hydroxylation is 3. The van der Waals surface area contributed by atoms with Crippen molar-refractivity contribution in [3.63, 3.8) is 0 Å². The molecule has 4 nitrogen and oxygen atoms in total. The van der Waals surface area contributed by atoms with Crippen molar-refractivity contribution in [1.29, 1.82) is 0 Å². The van der Waals surface area contributed by atoms with Crippen molar-refractivity contribution < 1.29 is 14.6 Å². The Morgan fingerprint density at radius 3 is 2.09 bits per heavy atom. The number of rotatable bonds is 5. The Morgan fingerprint density at radius 2 is 1.57 bits per heavy atom. The highest BCUT2D eigenvalue weighted by atomic mass is 16.7. The highest BCUT2D eigenvalue weighted by molar-refractivity contribution is 6.08. The van der Waals surface area contributed by atoms with Crippen molar-refractivity contribution in [2.45, 2.75) is 33.2 Å². The summed E-state index contributed by atoms with van der Waals surface area (Å²) in [4.78, 5) is 10.4. The van der Waals surface area contributed by atoms with Gasteiger partial charge in [-0.2, -0.15) is 0 Å². The van der Waals surface area contributed by atoms with E-state index in [2.05, 4.69) is 59.5 Å². The molecule has 0 fully saturated rings. The van der Waals surface area contributed by atoms with E-state index in [4.69, 9.17) is 5.11 Å². The van der Waals surface area contributed by atoms with Crippen LogP contribution in [0.1, 0.15) is 24.0 Å². The lowest BCUT2D eigenvalue weighted by Crippen LogP contribution is -2.04. The van der Waals surface area contributed by atoms with Gasteiger partial charge in [-0.25, -0.2) is 4.79 Å². The maximum Gasteiger partial charge on any atom is 0.505 e. The molecule has 4 heteroatoms. The topological polar surface area (TPSA) is 51.5 Å². The first-order valence-corrected chi connectivity index (χ1v) is 7.91. The SMILES string of the molecule is Cc1ccc2c(c1)c1cc(C)ccc1n2CCCCOC(=O)O. The van der Waals surface area contributed by atoms with Crippen LogP contribution in [0.5, 0.6) is 0 Å². The summed E-state index contributed by atoms with van der Waals surface area (Å²) >= 11 is 0. The number of benzene rings is 2. The van der Waals surface area contributed by atoms with E-state index in [0.29, 0.717) is 0 Å². The molecular formula is C19H21NO3. The molecule has 2 aromatic carbocycles. The van der Waals surface area contributed by atoms with E-state index >= 15 is 0 Å². The predicted octanol–water partition coefficient (Wildman–Crippen LogP) is 4.89. The maximum atomic E-state index is 10.4. The Morgan fingerprint density at radius 1 is 1.00 bits per heavy atom. The number of aromatic nitrogens is 1. The second-order valence-corrected chi connectivity index (χ2v) is 6.01. The van der Waals surface area contributed by atoms with Crippen molar-refractivity contribution in [2.24, 2.45) is 0 Å². The summed E-state index contributed by atoms with van der Waals surface area (Å²) in [5.41, 5.74) is 4.98. The third-order valence-electron chi connectivity index (χ3n) is 4.18. The Kier molecular flexibility index (Phi) is 4.24. The molecule has 23 heavy (non-hydrogen) atoms. The first kappa shape index (κ1) is 15.4. The van der Waals surface area contributed by atoms with Gasteiger partial charge in [-0.3, -0.25) is 0 Å². The van der Waals surface area contributed by atoms with Gasteiger partial charge in [-0.05, 0) is 51.0 Å². The molecule has 3 aromatic rings. The van der Waals surface area contributed by atoms with Gasteiger partial charge < -0.3 is 14.4 Å². The molecular weight excluding hydrogens is 290 g/mol. The second kappa shape index (κ2) is 6.32. The summed E-state index contributed by atoms with van der Waals surface area (Å²) < 4.78 is 6.90. The van der Waals surface area contributed by atoms with Crippen LogP contribution in [0.3, 0.4) is 0 Å². The Balaban J connectivity index is 1.93. The molecule has 3 rings (SSSR count). The molecule has 0 radical (unpaired) electrons. The normalized spacial score (nSPS) is 11.2. The van der Waals surface area contributed by atoms with Crippen LogP contribution in [0.15, 0.2) is 36.4 Å². The number of unbranched alkanes of at least 4 members (excludes halogenated alkanes) is 1. The van der Waals surface area contributed by atoms with E-state index in [-0.39, 0.29) is 6.61 Å². The van der Waals surface area contributed by atoms with Crippen LogP contribution in [-0.2, 0) is 11.3 Å². The largest absolute Gasteiger partial charge is 0.505 e. The number of carboxylic acid groups (broad SMARTS) is 1. The molecule has 0 bridgehead atoms. The third kappa shape index (κ3) is 3.16. The van der Waals surface area contributed by atoms with E-state index in [1.54, 1.807) is 0 Å². The molecule has 0 spiro atoms. The molecule has 0 unspecified atom stereocenters. The zero-order valence-corrected chi connectivity index (χ0v) is 13.5. The fraction of sp³-hybridized carbons (Fsp3) is 0.316. The second-order valence-electron chi connectivity index (χ2n) is 6.01. The van der Waals surface area contributed by atoms with Gasteiger partial charge in [0, 0.05) is 28.4 Å². The summed E-state index contributed by atoms with van der Waals surface area (Å²) in [6, 6.07) is 13.1. The first-order valence-electron chi connectivity index (χ1n) is 7.91. The van der Waals surface area contributed by atoms with Crippen LogP contribution < -0.4 is 0 Å². The van der Waals surface area contributed by atoms with Gasteiger partial charge >= 0.3 is 6.16 Å². The minimum absolute atomic E-state index is 0.255. The monoisotopic (exact) mass is 311 g/mol. The van der Waals surface area contributed by atoms with Gasteiger partial charge in [0.25, 0.3) is 0 Å². The van der Waals surface area contributed by atoms with E-state index in [1.165, 1.54) is 32.9 Å². The van der Waals surface area contributed by atoms with Crippen molar-refractivity contribution in [3.05, 3.63) is 47.5 Å². The first-order chi connectivity index (χ1) is 11.1. The molecule has 0 atom stereocenters. The van der Waals surface area contributed by atoms with Gasteiger partial charge in [0.15, 0.2) is 0 Å². The zero-order chi connectivity index (χ0) is 16.4. The van der Waals surface area contributed by atoms with Crippen molar-refractivity contribution in [3.8, 4) is 0 Å². The summed E-state index contributed by atoms with van der Waals surface area (Å²) in [5.74, 6) is 0. The Labute approximate surface area is 135 Å². The lowest BCUT2D eigenvalue weighted by atomic mass is 10.1. The van der Waals surface area contributed by atoms with Gasteiger partial charge in [-0.1, -0.05) is 23.3 Å². The number of hydrogen-bond donors (Lipinski definition) is 1. The molecule has 0 amide bonds. The molecule has 1 aromatic heterocycles. The number of nitrogens with zero attached hydrogens (tertiary/aromatic N) is 1. The highest BCUT2D eigenvalue weighted by Gasteiger charge is 2.10. The fourth-order valence-electron chi connectivity index (χ4n) is 3.10. The lowest BCUT2D eigenvalue weighted by molar-refractivity contribution is 0.0899. The van der Waals surface area contributed by atoms with E-state index in [0.717, 1.165) is 19.4 Å². The smallest absolute Gasteiger partial charge is 0.450 e. The molecule has 0 saturated heterocycles. The Hall–Kier alpha value is -2.49. The van der Waals surface area contributed by atoms with Crippen LogP contribution in [0.25, 0.3) is 21.8 Å². The zero-order valence-electron chi connectivity index (χ0n) is 13.5. The third-order valence-corrected chi connectivity index (χ3v) is 4.18. The van der Waals surface area contributed by atoms with E-state index < -0.39 is 6.16 Å². The van der Waals surface area contributed by atoms with Gasteiger partial charge in [-0.15, -0.1) is 0 Å². The molecule has 1 N–H and O–H groups in total. The number of ether oxygens (including phenoxy) is 1. The van der Waals surface area contributed by atoms with Gasteiger partial charge in [0.2, 0.25) is 0 Å². The van der Waals surface area contributed by atoms with Crippen LogP contribution in [0.2, 0.25) is 0 Å². The maximum absolute atomic E-state index is 10.4. The molecule has 0 aliphatic rings. The van der Waals surface area contributed by atoms with Crippen LogP contribution in [0.4, 0.5) is 4.79 Å².